The lowest BCUT2D eigenvalue weighted by Crippen LogP contribution is -2.33. The number of rotatable bonds is 8. The molecule has 3 heterocycles. The van der Waals surface area contributed by atoms with Gasteiger partial charge in [0.15, 0.2) is 5.11 Å². The Morgan fingerprint density at radius 3 is 2.64 bits per heavy atom. The monoisotopic (exact) mass is 603 g/mol. The summed E-state index contributed by atoms with van der Waals surface area (Å²) in [6.07, 6.45) is 2.06. The van der Waals surface area contributed by atoms with Gasteiger partial charge < -0.3 is 24.8 Å². The van der Waals surface area contributed by atoms with Gasteiger partial charge >= 0.3 is 0 Å². The second kappa shape index (κ2) is 11.6. The molecule has 2 aromatic carbocycles. The maximum absolute atomic E-state index is 13.0. The number of carbonyl (C=O) groups excluding carboxylic acids is 1. The van der Waals surface area contributed by atoms with E-state index in [4.69, 9.17) is 17.0 Å². The van der Waals surface area contributed by atoms with E-state index in [-0.39, 0.29) is 24.4 Å². The molecule has 1 amide bonds. The smallest absolute Gasteiger partial charge is 0.226 e. The number of ether oxygens (including phenoxy) is 1. The fraction of sp³-hybridized carbons (Fsp3) is 0.233. The lowest BCUT2D eigenvalue weighted by Gasteiger charge is -2.28. The van der Waals surface area contributed by atoms with Crippen LogP contribution in [0.5, 0.6) is 5.75 Å². The van der Waals surface area contributed by atoms with E-state index in [9.17, 15) is 4.79 Å². The minimum atomic E-state index is -0.160. The van der Waals surface area contributed by atoms with Gasteiger partial charge in [0.2, 0.25) is 5.91 Å². The Balaban J connectivity index is 1.47. The fourth-order valence-corrected chi connectivity index (χ4v) is 5.99. The van der Waals surface area contributed by atoms with Crippen LogP contribution in [-0.4, -0.2) is 39.1 Å². The second-order valence-electron chi connectivity index (χ2n) is 9.46. The van der Waals surface area contributed by atoms with E-state index < -0.39 is 0 Å². The van der Waals surface area contributed by atoms with Gasteiger partial charge in [0.25, 0.3) is 0 Å². The van der Waals surface area contributed by atoms with Gasteiger partial charge in [-0.15, -0.1) is 0 Å². The summed E-state index contributed by atoms with van der Waals surface area (Å²) in [5.74, 6) is 0.513. The van der Waals surface area contributed by atoms with E-state index >= 15 is 0 Å². The fourth-order valence-electron chi connectivity index (χ4n) is 5.27. The third kappa shape index (κ3) is 5.55. The van der Waals surface area contributed by atoms with Crippen molar-refractivity contribution in [2.45, 2.75) is 32.4 Å². The van der Waals surface area contributed by atoms with Crippen LogP contribution >= 0.6 is 28.1 Å². The number of anilines is 1. The zero-order valence-corrected chi connectivity index (χ0v) is 24.4. The van der Waals surface area contributed by atoms with Gasteiger partial charge in [0, 0.05) is 40.7 Å². The zero-order valence-electron chi connectivity index (χ0n) is 22.0. The molecule has 0 spiro atoms. The number of aromatic nitrogens is 2. The summed E-state index contributed by atoms with van der Waals surface area (Å²) < 4.78 is 8.66. The summed E-state index contributed by atoms with van der Waals surface area (Å²) in [7, 11) is 1.59. The molecule has 0 aliphatic carbocycles. The third-order valence-electron chi connectivity index (χ3n) is 7.01. The highest BCUT2D eigenvalue weighted by molar-refractivity contribution is 9.10. The quantitative estimate of drug-likeness (QED) is 0.232. The van der Waals surface area contributed by atoms with E-state index in [2.05, 4.69) is 73.1 Å². The molecule has 1 fully saturated rings. The summed E-state index contributed by atoms with van der Waals surface area (Å²) in [6.45, 7) is 4.69. The summed E-state index contributed by atoms with van der Waals surface area (Å²) in [5.41, 5.74) is 6.00. The van der Waals surface area contributed by atoms with Gasteiger partial charge in [-0.3, -0.25) is 9.78 Å². The molecule has 2 aromatic heterocycles. The predicted molar refractivity (Wildman–Crippen MR) is 161 cm³/mol. The SMILES string of the molecule is COc1ccccc1NC(=O)CCN1C(=S)N[C@H](c2ccccn2)[C@H]1c1cc(C)n(-c2cccc(Br)c2)c1C. The number of amides is 1. The van der Waals surface area contributed by atoms with Gasteiger partial charge in [0.1, 0.15) is 5.75 Å². The molecule has 0 saturated carbocycles. The summed E-state index contributed by atoms with van der Waals surface area (Å²) in [5, 5.41) is 7.07. The van der Waals surface area contributed by atoms with Crippen LogP contribution < -0.4 is 15.4 Å². The van der Waals surface area contributed by atoms with Crippen LogP contribution in [0.3, 0.4) is 0 Å². The zero-order chi connectivity index (χ0) is 27.5. The van der Waals surface area contributed by atoms with Crippen molar-refractivity contribution in [2.75, 3.05) is 19.0 Å². The first-order chi connectivity index (χ1) is 18.9. The number of pyridine rings is 1. The lowest BCUT2D eigenvalue weighted by molar-refractivity contribution is -0.116. The first-order valence-corrected chi connectivity index (χ1v) is 13.9. The predicted octanol–water partition coefficient (Wildman–Crippen LogP) is 6.26. The molecule has 1 saturated heterocycles. The molecule has 0 radical (unpaired) electrons. The molecule has 4 aromatic rings. The number of benzene rings is 2. The molecule has 2 atom stereocenters. The van der Waals surface area contributed by atoms with E-state index in [1.54, 1.807) is 13.3 Å². The van der Waals surface area contributed by atoms with E-state index in [0.29, 0.717) is 23.1 Å². The molecule has 0 unspecified atom stereocenters. The average molecular weight is 605 g/mol. The minimum Gasteiger partial charge on any atom is -0.495 e. The molecule has 1 aliphatic heterocycles. The molecule has 1 aliphatic rings. The normalized spacial score (nSPS) is 16.7. The Kier molecular flexibility index (Phi) is 7.99. The summed E-state index contributed by atoms with van der Waals surface area (Å²) >= 11 is 9.43. The lowest BCUT2D eigenvalue weighted by atomic mass is 9.96. The van der Waals surface area contributed by atoms with Crippen LogP contribution in [0.15, 0.2) is 83.5 Å². The van der Waals surface area contributed by atoms with Crippen molar-refractivity contribution in [3.05, 3.63) is 106 Å². The first-order valence-electron chi connectivity index (χ1n) is 12.7. The maximum Gasteiger partial charge on any atom is 0.226 e. The molecule has 9 heteroatoms. The van der Waals surface area contributed by atoms with Gasteiger partial charge in [-0.2, -0.15) is 0 Å². The number of nitrogens with one attached hydrogen (secondary N) is 2. The molecular formula is C30H30BrN5O2S. The Hall–Kier alpha value is -3.69. The Bertz CT molecular complexity index is 1510. The molecule has 2 N–H and O–H groups in total. The van der Waals surface area contributed by atoms with Crippen molar-refractivity contribution < 1.29 is 9.53 Å². The Morgan fingerprint density at radius 2 is 1.90 bits per heavy atom. The van der Waals surface area contributed by atoms with Crippen LogP contribution in [0, 0.1) is 13.8 Å². The first kappa shape index (κ1) is 26.9. The van der Waals surface area contributed by atoms with Crippen LogP contribution in [0.4, 0.5) is 5.69 Å². The van der Waals surface area contributed by atoms with Gasteiger partial charge in [-0.1, -0.05) is 40.2 Å². The molecule has 200 valence electrons. The largest absolute Gasteiger partial charge is 0.495 e. The molecule has 5 rings (SSSR count). The highest BCUT2D eigenvalue weighted by Gasteiger charge is 2.41. The second-order valence-corrected chi connectivity index (χ2v) is 10.8. The molecule has 0 bridgehead atoms. The highest BCUT2D eigenvalue weighted by Crippen LogP contribution is 2.41. The number of methoxy groups -OCH3 is 1. The van der Waals surface area contributed by atoms with Crippen LogP contribution in [0.25, 0.3) is 5.69 Å². The maximum atomic E-state index is 13.0. The van der Waals surface area contributed by atoms with E-state index in [1.807, 2.05) is 54.6 Å². The number of nitrogens with zero attached hydrogens (tertiary/aromatic N) is 3. The topological polar surface area (TPSA) is 71.4 Å². The summed E-state index contributed by atoms with van der Waals surface area (Å²) in [4.78, 5) is 19.8. The van der Waals surface area contributed by atoms with E-state index in [1.165, 1.54) is 0 Å². The van der Waals surface area contributed by atoms with Crippen molar-refractivity contribution in [2.24, 2.45) is 0 Å². The van der Waals surface area contributed by atoms with Gasteiger partial charge in [0.05, 0.1) is 30.6 Å². The van der Waals surface area contributed by atoms with Crippen LogP contribution in [0.1, 0.15) is 41.1 Å². The third-order valence-corrected chi connectivity index (χ3v) is 7.86. The Labute approximate surface area is 242 Å². The highest BCUT2D eigenvalue weighted by atomic mass is 79.9. The van der Waals surface area contributed by atoms with Crippen molar-refractivity contribution in [3.8, 4) is 11.4 Å². The average Bonchev–Trinajstić information content (AvgIpc) is 3.42. The van der Waals surface area contributed by atoms with Crippen LogP contribution in [0.2, 0.25) is 0 Å². The van der Waals surface area contributed by atoms with Crippen molar-refractivity contribution in [1.29, 1.82) is 0 Å². The molecule has 7 nitrogen and oxygen atoms in total. The van der Waals surface area contributed by atoms with Crippen molar-refractivity contribution in [3.63, 3.8) is 0 Å². The minimum absolute atomic E-state index is 0.109. The Morgan fingerprint density at radius 1 is 1.10 bits per heavy atom. The van der Waals surface area contributed by atoms with Gasteiger partial charge in [-0.05, 0) is 80.2 Å². The number of hydrogen-bond donors (Lipinski definition) is 2. The number of para-hydroxylation sites is 2. The number of thiocarbonyl (C=S) groups is 1. The number of hydrogen-bond acceptors (Lipinski definition) is 4. The van der Waals surface area contributed by atoms with E-state index in [0.717, 1.165) is 32.8 Å². The molecule has 39 heavy (non-hydrogen) atoms. The van der Waals surface area contributed by atoms with Crippen molar-refractivity contribution in [1.82, 2.24) is 19.8 Å². The van der Waals surface area contributed by atoms with Gasteiger partial charge in [-0.25, -0.2) is 0 Å². The standard InChI is InChI=1S/C30H30BrN5O2S/c1-19-17-23(20(2)36(19)22-10-8-9-21(31)18-22)29-28(25-12-6-7-15-32-25)34-30(39)35(29)16-14-27(37)33-24-11-4-5-13-26(24)38-3/h4-13,15,17-18,28-29H,14,16H2,1-3H3,(H,33,37)(H,34,39)/t28-,29-/m1/s1. The number of halogens is 1. The molecular weight excluding hydrogens is 574 g/mol. The van der Waals surface area contributed by atoms with Crippen LogP contribution in [-0.2, 0) is 4.79 Å². The summed E-state index contributed by atoms with van der Waals surface area (Å²) in [6, 6.07) is 23.5. The van der Waals surface area contributed by atoms with Crippen molar-refractivity contribution >= 4 is 44.9 Å². The number of aryl methyl sites for hydroxylation is 1. The number of carbonyl (C=O) groups is 1.